The van der Waals surface area contributed by atoms with Crippen LogP contribution in [0.1, 0.15) is 34.9 Å². The molecule has 4 heteroatoms. The fraction of sp³-hybridized carbons (Fsp3) is 0.176. The van der Waals surface area contributed by atoms with E-state index in [4.69, 9.17) is 11.1 Å². The van der Waals surface area contributed by atoms with E-state index in [9.17, 15) is 4.79 Å². The van der Waals surface area contributed by atoms with Gasteiger partial charge in [-0.3, -0.25) is 4.79 Å². The van der Waals surface area contributed by atoms with Crippen LogP contribution in [0.3, 0.4) is 0 Å². The highest BCUT2D eigenvalue weighted by atomic mass is 16.1. The Balaban J connectivity index is 1.85. The summed E-state index contributed by atoms with van der Waals surface area (Å²) >= 11 is 0. The minimum absolute atomic E-state index is 0.416. The number of rotatable bonds is 5. The van der Waals surface area contributed by atoms with Crippen molar-refractivity contribution < 1.29 is 4.79 Å². The van der Waals surface area contributed by atoms with Crippen molar-refractivity contribution in [1.82, 2.24) is 0 Å². The third kappa shape index (κ3) is 2.52. The number of nitrogens with two attached hydrogens (primary N) is 1. The first-order valence-corrected chi connectivity index (χ1v) is 6.93. The third-order valence-electron chi connectivity index (χ3n) is 4.06. The highest BCUT2D eigenvalue weighted by molar-refractivity contribution is 5.85. The van der Waals surface area contributed by atoms with Crippen LogP contribution in [0.15, 0.2) is 42.5 Å². The number of nitrogens with one attached hydrogen (secondary N) is 2. The Hall–Kier alpha value is -2.62. The Bertz CT molecular complexity index is 696. The lowest BCUT2D eigenvalue weighted by Crippen LogP contribution is -1.98. The molecule has 106 valence electrons. The summed E-state index contributed by atoms with van der Waals surface area (Å²) in [6.07, 6.45) is 3.04. The summed E-state index contributed by atoms with van der Waals surface area (Å²) in [6, 6.07) is 13.8. The molecular weight excluding hydrogens is 262 g/mol. The van der Waals surface area contributed by atoms with Crippen molar-refractivity contribution >= 4 is 24.0 Å². The van der Waals surface area contributed by atoms with Gasteiger partial charge in [0.05, 0.1) is 0 Å². The molecule has 4 nitrogen and oxygen atoms in total. The van der Waals surface area contributed by atoms with Crippen LogP contribution in [0.2, 0.25) is 0 Å². The topological polar surface area (TPSA) is 79.0 Å². The van der Waals surface area contributed by atoms with Gasteiger partial charge in [0.25, 0.3) is 0 Å². The van der Waals surface area contributed by atoms with Crippen molar-refractivity contribution in [3.8, 4) is 0 Å². The average molecular weight is 279 g/mol. The first kappa shape index (κ1) is 13.4. The standard InChI is InChI=1S/C17H17N3O/c18-9-12-6-5-11(7-16(12)19)14-8-15(14)13-3-1-2-4-17(13)20-10-21/h1-7,9-10,14-15,18H,8,19H2,(H,20,21). The van der Waals surface area contributed by atoms with Crippen LogP contribution in [-0.4, -0.2) is 12.6 Å². The molecule has 1 fully saturated rings. The van der Waals surface area contributed by atoms with Gasteiger partial charge in [0.1, 0.15) is 0 Å². The van der Waals surface area contributed by atoms with Gasteiger partial charge in [-0.2, -0.15) is 0 Å². The Morgan fingerprint density at radius 3 is 2.71 bits per heavy atom. The summed E-state index contributed by atoms with van der Waals surface area (Å²) in [5.41, 5.74) is 10.6. The lowest BCUT2D eigenvalue weighted by atomic mass is 10.0. The predicted octanol–water partition coefficient (Wildman–Crippen LogP) is 3.11. The number of hydrogen-bond donors (Lipinski definition) is 3. The third-order valence-corrected chi connectivity index (χ3v) is 4.06. The molecule has 0 bridgehead atoms. The molecule has 21 heavy (non-hydrogen) atoms. The van der Waals surface area contributed by atoms with Crippen molar-refractivity contribution in [3.63, 3.8) is 0 Å². The zero-order chi connectivity index (χ0) is 14.8. The van der Waals surface area contributed by atoms with Gasteiger partial charge in [-0.15, -0.1) is 0 Å². The fourth-order valence-corrected chi connectivity index (χ4v) is 2.88. The van der Waals surface area contributed by atoms with E-state index in [1.54, 1.807) is 0 Å². The molecular formula is C17H17N3O. The molecule has 2 unspecified atom stereocenters. The Morgan fingerprint density at radius 1 is 1.19 bits per heavy atom. The normalized spacial score (nSPS) is 19.8. The zero-order valence-corrected chi connectivity index (χ0v) is 11.5. The maximum absolute atomic E-state index is 10.7. The van der Waals surface area contributed by atoms with E-state index in [0.717, 1.165) is 17.7 Å². The molecule has 1 saturated carbocycles. The molecule has 0 saturated heterocycles. The lowest BCUT2D eigenvalue weighted by Gasteiger charge is -2.08. The van der Waals surface area contributed by atoms with Crippen LogP contribution in [0, 0.1) is 5.41 Å². The molecule has 2 atom stereocenters. The second kappa shape index (κ2) is 5.40. The van der Waals surface area contributed by atoms with Crippen LogP contribution in [0.5, 0.6) is 0 Å². The Labute approximate surface area is 123 Å². The quantitative estimate of drug-likeness (QED) is 0.446. The number of anilines is 2. The molecule has 4 N–H and O–H groups in total. The minimum Gasteiger partial charge on any atom is -0.398 e. The maximum atomic E-state index is 10.7. The summed E-state index contributed by atoms with van der Waals surface area (Å²) in [5.74, 6) is 0.848. The smallest absolute Gasteiger partial charge is 0.211 e. The summed E-state index contributed by atoms with van der Waals surface area (Å²) in [5, 5.41) is 10.0. The number of para-hydroxylation sites is 1. The Morgan fingerprint density at radius 2 is 2.00 bits per heavy atom. The van der Waals surface area contributed by atoms with Crippen LogP contribution < -0.4 is 11.1 Å². The lowest BCUT2D eigenvalue weighted by molar-refractivity contribution is -0.105. The van der Waals surface area contributed by atoms with Gasteiger partial charge in [0.15, 0.2) is 0 Å². The molecule has 1 amide bonds. The van der Waals surface area contributed by atoms with Gasteiger partial charge in [-0.05, 0) is 41.5 Å². The van der Waals surface area contributed by atoms with Crippen LogP contribution in [0.25, 0.3) is 0 Å². The largest absolute Gasteiger partial charge is 0.398 e. The maximum Gasteiger partial charge on any atom is 0.211 e. The van der Waals surface area contributed by atoms with Crippen molar-refractivity contribution in [1.29, 1.82) is 5.41 Å². The van der Waals surface area contributed by atoms with Gasteiger partial charge in [0.2, 0.25) is 6.41 Å². The SMILES string of the molecule is N=Cc1ccc(C2CC2c2ccccc2NC=O)cc1N. The molecule has 2 aromatic rings. The van der Waals surface area contributed by atoms with Gasteiger partial charge in [0, 0.05) is 23.2 Å². The second-order valence-electron chi connectivity index (χ2n) is 5.33. The van der Waals surface area contributed by atoms with Crippen LogP contribution >= 0.6 is 0 Å². The van der Waals surface area contributed by atoms with Gasteiger partial charge in [-0.25, -0.2) is 0 Å². The molecule has 1 aliphatic carbocycles. The van der Waals surface area contributed by atoms with E-state index in [0.29, 0.717) is 23.9 Å². The molecule has 0 spiro atoms. The number of benzene rings is 2. The van der Waals surface area contributed by atoms with E-state index in [1.165, 1.54) is 17.3 Å². The van der Waals surface area contributed by atoms with Crippen LogP contribution in [0.4, 0.5) is 11.4 Å². The molecule has 0 aliphatic heterocycles. The van der Waals surface area contributed by atoms with E-state index < -0.39 is 0 Å². The summed E-state index contributed by atoms with van der Waals surface area (Å²) in [7, 11) is 0. The number of nitrogen functional groups attached to an aromatic ring is 1. The monoisotopic (exact) mass is 279 g/mol. The number of carbonyl (C=O) groups is 1. The first-order valence-electron chi connectivity index (χ1n) is 6.93. The highest BCUT2D eigenvalue weighted by Gasteiger charge is 2.40. The summed E-state index contributed by atoms with van der Waals surface area (Å²) in [6.45, 7) is 0. The predicted molar refractivity (Wildman–Crippen MR) is 85.0 cm³/mol. The number of amides is 1. The molecule has 0 heterocycles. The van der Waals surface area contributed by atoms with E-state index in [-0.39, 0.29) is 0 Å². The summed E-state index contributed by atoms with van der Waals surface area (Å²) in [4.78, 5) is 10.7. The Kier molecular flexibility index (Phi) is 3.44. The molecule has 0 radical (unpaired) electrons. The van der Waals surface area contributed by atoms with Crippen molar-refractivity contribution in [2.45, 2.75) is 18.3 Å². The fourth-order valence-electron chi connectivity index (χ4n) is 2.88. The molecule has 3 rings (SSSR count). The highest BCUT2D eigenvalue weighted by Crippen LogP contribution is 2.56. The molecule has 0 aromatic heterocycles. The average Bonchev–Trinajstić information content (AvgIpc) is 3.28. The van der Waals surface area contributed by atoms with E-state index in [2.05, 4.69) is 11.4 Å². The van der Waals surface area contributed by atoms with Gasteiger partial charge >= 0.3 is 0 Å². The number of hydrogen-bond acceptors (Lipinski definition) is 3. The second-order valence-corrected chi connectivity index (χ2v) is 5.33. The van der Waals surface area contributed by atoms with Crippen molar-refractivity contribution in [2.24, 2.45) is 0 Å². The molecule has 1 aliphatic rings. The zero-order valence-electron chi connectivity index (χ0n) is 11.5. The first-order chi connectivity index (χ1) is 10.2. The van der Waals surface area contributed by atoms with Gasteiger partial charge in [-0.1, -0.05) is 30.3 Å². The van der Waals surface area contributed by atoms with E-state index >= 15 is 0 Å². The van der Waals surface area contributed by atoms with Crippen molar-refractivity contribution in [3.05, 3.63) is 59.2 Å². The van der Waals surface area contributed by atoms with Gasteiger partial charge < -0.3 is 16.5 Å². The van der Waals surface area contributed by atoms with Crippen LogP contribution in [-0.2, 0) is 4.79 Å². The molecule has 2 aromatic carbocycles. The summed E-state index contributed by atoms with van der Waals surface area (Å²) < 4.78 is 0. The van der Waals surface area contributed by atoms with Crippen molar-refractivity contribution in [2.75, 3.05) is 11.1 Å². The van der Waals surface area contributed by atoms with E-state index in [1.807, 2.05) is 36.4 Å². The minimum atomic E-state index is 0.416. The number of carbonyl (C=O) groups excluding carboxylic acids is 1.